The number of aryl methyl sites for hydroxylation is 1. The fourth-order valence-electron chi connectivity index (χ4n) is 3.80. The van der Waals surface area contributed by atoms with E-state index in [-0.39, 0.29) is 0 Å². The first-order chi connectivity index (χ1) is 15.6. The zero-order chi connectivity index (χ0) is 22.1. The van der Waals surface area contributed by atoms with Crippen molar-refractivity contribution in [2.75, 3.05) is 17.2 Å². The molecule has 0 radical (unpaired) electrons. The van der Waals surface area contributed by atoms with Gasteiger partial charge < -0.3 is 26.4 Å². The van der Waals surface area contributed by atoms with Crippen molar-refractivity contribution in [3.8, 4) is 16.9 Å². The maximum absolute atomic E-state index is 12.1. The summed E-state index contributed by atoms with van der Waals surface area (Å²) >= 11 is 0. The molecule has 5 rings (SSSR count). The number of fused-ring (bicyclic) bond motifs is 3. The van der Waals surface area contributed by atoms with Gasteiger partial charge in [0.05, 0.1) is 24.1 Å². The van der Waals surface area contributed by atoms with Crippen molar-refractivity contribution in [2.24, 2.45) is 17.8 Å². The van der Waals surface area contributed by atoms with Gasteiger partial charge in [0.1, 0.15) is 11.6 Å². The summed E-state index contributed by atoms with van der Waals surface area (Å²) in [7, 11) is 1.93. The minimum atomic E-state index is -0.716. The summed E-state index contributed by atoms with van der Waals surface area (Å²) < 4.78 is 7.98. The lowest BCUT2D eigenvalue weighted by Gasteiger charge is -2.25. The maximum Gasteiger partial charge on any atom is 0.250 e. The highest BCUT2D eigenvalue weighted by Crippen LogP contribution is 2.40. The second kappa shape index (κ2) is 8.06. The maximum atomic E-state index is 12.1. The molecular weight excluding hydrogens is 408 g/mol. The number of carbonyl (C=O) groups is 1. The average molecular weight is 430 g/mol. The van der Waals surface area contributed by atoms with E-state index in [9.17, 15) is 4.79 Å². The lowest BCUT2D eigenvalue weighted by atomic mass is 10.0. The molecule has 0 spiro atoms. The summed E-state index contributed by atoms with van der Waals surface area (Å²) in [5.74, 6) is 1.17. The number of nitrogens with zero attached hydrogens (tertiary/aromatic N) is 4. The number of primary amides is 1. The number of nitrogens with one attached hydrogen (secondary N) is 3. The summed E-state index contributed by atoms with van der Waals surface area (Å²) in [6.45, 7) is 0.513. The van der Waals surface area contributed by atoms with Gasteiger partial charge in [0, 0.05) is 42.7 Å². The van der Waals surface area contributed by atoms with Crippen LogP contribution in [0.3, 0.4) is 0 Å². The molecule has 0 bridgehead atoms. The van der Waals surface area contributed by atoms with Gasteiger partial charge in [-0.25, -0.2) is 9.98 Å². The second-order valence-corrected chi connectivity index (χ2v) is 7.38. The van der Waals surface area contributed by atoms with E-state index in [2.05, 4.69) is 31.0 Å². The Balaban J connectivity index is 1.48. The van der Waals surface area contributed by atoms with Gasteiger partial charge in [-0.3, -0.25) is 9.48 Å². The number of hydrogen-bond donors (Lipinski definition) is 4. The SMILES string of the molecule is Cn1ncc2c1CCOc1c(NC3N=C(Nc4ccccn4)NC=C3C(N)=O)cccc1-2. The van der Waals surface area contributed by atoms with Gasteiger partial charge >= 0.3 is 0 Å². The van der Waals surface area contributed by atoms with Crippen molar-refractivity contribution in [2.45, 2.75) is 12.6 Å². The van der Waals surface area contributed by atoms with Gasteiger partial charge in [0.25, 0.3) is 0 Å². The van der Waals surface area contributed by atoms with E-state index < -0.39 is 12.1 Å². The standard InChI is InChI=1S/C22H22N8O2/c1-30-17-8-10-32-19-13(14(17)12-26-30)5-4-6-16(19)27-21-15(20(23)31)11-25-22(29-21)28-18-7-2-3-9-24-18/h2-7,9,11-12,21,27H,8,10H2,1H3,(H2,23,31)(H2,24,25,28,29). The lowest BCUT2D eigenvalue weighted by Crippen LogP contribution is -2.40. The van der Waals surface area contributed by atoms with Crippen LogP contribution in [-0.2, 0) is 18.3 Å². The van der Waals surface area contributed by atoms with Crippen molar-refractivity contribution >= 4 is 23.4 Å². The minimum absolute atomic E-state index is 0.296. The van der Waals surface area contributed by atoms with E-state index in [4.69, 9.17) is 10.5 Å². The molecule has 3 aromatic rings. The Morgan fingerprint density at radius 3 is 2.97 bits per heavy atom. The highest BCUT2D eigenvalue weighted by atomic mass is 16.5. The molecule has 2 aromatic heterocycles. The van der Waals surface area contributed by atoms with Gasteiger partial charge in [-0.15, -0.1) is 0 Å². The van der Waals surface area contributed by atoms with Crippen LogP contribution in [0.1, 0.15) is 5.69 Å². The predicted octanol–water partition coefficient (Wildman–Crippen LogP) is 1.60. The number of benzene rings is 1. The van der Waals surface area contributed by atoms with E-state index >= 15 is 0 Å². The minimum Gasteiger partial charge on any atom is -0.490 e. The van der Waals surface area contributed by atoms with Crippen LogP contribution in [0.4, 0.5) is 11.5 Å². The van der Waals surface area contributed by atoms with Crippen molar-refractivity contribution in [3.63, 3.8) is 0 Å². The van der Waals surface area contributed by atoms with E-state index in [0.29, 0.717) is 35.4 Å². The van der Waals surface area contributed by atoms with Crippen LogP contribution in [-0.4, -0.2) is 39.4 Å². The molecule has 2 aliphatic rings. The van der Waals surface area contributed by atoms with Crippen LogP contribution in [0.5, 0.6) is 5.75 Å². The molecule has 0 saturated heterocycles. The average Bonchev–Trinajstić information content (AvgIpc) is 3.04. The first kappa shape index (κ1) is 19.6. The van der Waals surface area contributed by atoms with E-state index in [1.165, 1.54) is 0 Å². The molecule has 1 atom stereocenters. The summed E-state index contributed by atoms with van der Waals surface area (Å²) in [6, 6.07) is 11.3. The molecule has 5 N–H and O–H groups in total. The molecule has 10 heteroatoms. The summed E-state index contributed by atoms with van der Waals surface area (Å²) in [6.07, 6.45) is 5.09. The van der Waals surface area contributed by atoms with Crippen molar-refractivity contribution in [1.82, 2.24) is 20.1 Å². The summed E-state index contributed by atoms with van der Waals surface area (Å²) in [4.78, 5) is 20.9. The molecule has 0 aliphatic carbocycles. The number of amides is 1. The molecular formula is C22H22N8O2. The number of rotatable bonds is 4. The highest BCUT2D eigenvalue weighted by Gasteiger charge is 2.26. The number of guanidine groups is 1. The van der Waals surface area contributed by atoms with Crippen LogP contribution in [0.25, 0.3) is 11.1 Å². The number of ether oxygens (including phenoxy) is 1. The third-order valence-corrected chi connectivity index (χ3v) is 5.36. The van der Waals surface area contributed by atoms with E-state index in [1.807, 2.05) is 54.3 Å². The molecule has 1 amide bonds. The number of carbonyl (C=O) groups excluding carboxylic acids is 1. The Morgan fingerprint density at radius 1 is 1.25 bits per heavy atom. The number of aliphatic imine (C=N–C) groups is 1. The van der Waals surface area contributed by atoms with E-state index in [0.717, 1.165) is 23.2 Å². The zero-order valence-electron chi connectivity index (χ0n) is 17.4. The quantitative estimate of drug-likeness (QED) is 0.494. The molecule has 1 unspecified atom stereocenters. The fourth-order valence-corrected chi connectivity index (χ4v) is 3.80. The van der Waals surface area contributed by atoms with Crippen LogP contribution < -0.4 is 26.4 Å². The van der Waals surface area contributed by atoms with Crippen LogP contribution in [0.2, 0.25) is 0 Å². The Morgan fingerprint density at radius 2 is 2.16 bits per heavy atom. The van der Waals surface area contributed by atoms with Crippen LogP contribution >= 0.6 is 0 Å². The number of pyridine rings is 1. The Hall–Kier alpha value is -4.34. The fraction of sp³-hybridized carbons (Fsp3) is 0.182. The number of hydrogen-bond acceptors (Lipinski definition) is 8. The number of aromatic nitrogens is 3. The molecule has 0 saturated carbocycles. The molecule has 10 nitrogen and oxygen atoms in total. The van der Waals surface area contributed by atoms with Crippen molar-refractivity contribution in [3.05, 3.63) is 66.3 Å². The number of para-hydroxylation sites is 1. The Labute approximate surface area is 184 Å². The normalized spacial score (nSPS) is 16.8. The van der Waals surface area contributed by atoms with Crippen LogP contribution in [0.15, 0.2) is 65.6 Å². The third kappa shape index (κ3) is 3.62. The number of anilines is 2. The van der Waals surface area contributed by atoms with Gasteiger partial charge in [-0.1, -0.05) is 18.2 Å². The summed E-state index contributed by atoms with van der Waals surface area (Å²) in [5, 5.41) is 13.8. The van der Waals surface area contributed by atoms with Gasteiger partial charge in [-0.05, 0) is 18.2 Å². The van der Waals surface area contributed by atoms with Crippen molar-refractivity contribution in [1.29, 1.82) is 0 Å². The van der Waals surface area contributed by atoms with Gasteiger partial charge in [0.2, 0.25) is 11.9 Å². The van der Waals surface area contributed by atoms with E-state index in [1.54, 1.807) is 12.4 Å². The molecule has 2 aliphatic heterocycles. The Bertz CT molecular complexity index is 1230. The first-order valence-electron chi connectivity index (χ1n) is 10.2. The molecule has 162 valence electrons. The third-order valence-electron chi connectivity index (χ3n) is 5.36. The second-order valence-electron chi connectivity index (χ2n) is 7.38. The largest absolute Gasteiger partial charge is 0.490 e. The van der Waals surface area contributed by atoms with Gasteiger partial charge in [-0.2, -0.15) is 5.10 Å². The first-order valence-corrected chi connectivity index (χ1v) is 10.2. The molecule has 32 heavy (non-hydrogen) atoms. The molecule has 0 fully saturated rings. The predicted molar refractivity (Wildman–Crippen MR) is 121 cm³/mol. The highest BCUT2D eigenvalue weighted by molar-refractivity contribution is 6.00. The Kier molecular flexibility index (Phi) is 4.94. The molecule has 1 aromatic carbocycles. The zero-order valence-corrected chi connectivity index (χ0v) is 17.4. The lowest BCUT2D eigenvalue weighted by molar-refractivity contribution is -0.114. The monoisotopic (exact) mass is 430 g/mol. The number of nitrogens with two attached hydrogens (primary N) is 1. The molecule has 4 heterocycles. The van der Waals surface area contributed by atoms with Crippen LogP contribution in [0, 0.1) is 0 Å². The van der Waals surface area contributed by atoms with Crippen molar-refractivity contribution < 1.29 is 9.53 Å². The van der Waals surface area contributed by atoms with Gasteiger partial charge in [0.15, 0.2) is 6.17 Å². The topological polar surface area (TPSA) is 131 Å². The smallest absolute Gasteiger partial charge is 0.250 e. The summed E-state index contributed by atoms with van der Waals surface area (Å²) in [5.41, 5.74) is 9.69.